The van der Waals surface area contributed by atoms with Gasteiger partial charge in [0.05, 0.1) is 27.5 Å². The average molecular weight is 350 g/mol. The van der Waals surface area contributed by atoms with Crippen LogP contribution in [0.3, 0.4) is 0 Å². The molecule has 4 aromatic rings. The SMILES string of the molecule is COc1ccc(Nc2nc3c(OC)cccc3c3cn[nH]c23)cc1OC. The number of fused-ring (bicyclic) bond motifs is 3. The summed E-state index contributed by atoms with van der Waals surface area (Å²) in [5, 5.41) is 12.5. The van der Waals surface area contributed by atoms with Crippen molar-refractivity contribution in [2.24, 2.45) is 0 Å². The van der Waals surface area contributed by atoms with E-state index < -0.39 is 0 Å². The van der Waals surface area contributed by atoms with Gasteiger partial charge in [0.2, 0.25) is 0 Å². The van der Waals surface area contributed by atoms with E-state index >= 15 is 0 Å². The van der Waals surface area contributed by atoms with Crippen LogP contribution in [0, 0.1) is 0 Å². The van der Waals surface area contributed by atoms with Gasteiger partial charge in [-0.25, -0.2) is 4.98 Å². The van der Waals surface area contributed by atoms with Crippen molar-refractivity contribution < 1.29 is 14.2 Å². The summed E-state index contributed by atoms with van der Waals surface area (Å²) in [6.07, 6.45) is 1.79. The third kappa shape index (κ3) is 2.54. The smallest absolute Gasteiger partial charge is 0.162 e. The molecule has 0 bridgehead atoms. The predicted molar refractivity (Wildman–Crippen MR) is 101 cm³/mol. The molecule has 0 saturated heterocycles. The van der Waals surface area contributed by atoms with Crippen molar-refractivity contribution in [3.8, 4) is 17.2 Å². The summed E-state index contributed by atoms with van der Waals surface area (Å²) in [6, 6.07) is 11.4. The van der Waals surface area contributed by atoms with Crippen LogP contribution in [-0.4, -0.2) is 36.5 Å². The molecular weight excluding hydrogens is 332 g/mol. The van der Waals surface area contributed by atoms with Gasteiger partial charge in [-0.3, -0.25) is 5.10 Å². The molecular formula is C19H18N4O3. The number of rotatable bonds is 5. The maximum absolute atomic E-state index is 5.47. The summed E-state index contributed by atoms with van der Waals surface area (Å²) < 4.78 is 16.1. The highest BCUT2D eigenvalue weighted by Crippen LogP contribution is 2.35. The van der Waals surface area contributed by atoms with E-state index in [1.807, 2.05) is 36.4 Å². The van der Waals surface area contributed by atoms with Crippen LogP contribution in [0.5, 0.6) is 17.2 Å². The molecule has 0 atom stereocenters. The molecule has 0 amide bonds. The zero-order chi connectivity index (χ0) is 18.1. The normalized spacial score (nSPS) is 10.9. The first-order valence-electron chi connectivity index (χ1n) is 8.04. The topological polar surface area (TPSA) is 81.3 Å². The minimum Gasteiger partial charge on any atom is -0.494 e. The van der Waals surface area contributed by atoms with E-state index in [9.17, 15) is 0 Å². The Hall–Kier alpha value is -3.48. The molecule has 26 heavy (non-hydrogen) atoms. The number of anilines is 2. The van der Waals surface area contributed by atoms with Crippen LogP contribution in [0.25, 0.3) is 21.8 Å². The fraction of sp³-hybridized carbons (Fsp3) is 0.158. The lowest BCUT2D eigenvalue weighted by atomic mass is 10.1. The molecule has 132 valence electrons. The van der Waals surface area contributed by atoms with Gasteiger partial charge in [-0.15, -0.1) is 0 Å². The fourth-order valence-corrected chi connectivity index (χ4v) is 3.00. The number of hydrogen-bond donors (Lipinski definition) is 2. The molecule has 0 aliphatic heterocycles. The Kier molecular flexibility index (Phi) is 3.96. The molecule has 2 aromatic heterocycles. The average Bonchev–Trinajstić information content (AvgIpc) is 3.18. The highest BCUT2D eigenvalue weighted by atomic mass is 16.5. The Morgan fingerprint density at radius 2 is 1.69 bits per heavy atom. The number of H-pyrrole nitrogens is 1. The van der Waals surface area contributed by atoms with Gasteiger partial charge in [-0.1, -0.05) is 12.1 Å². The van der Waals surface area contributed by atoms with Crippen molar-refractivity contribution in [1.29, 1.82) is 0 Å². The van der Waals surface area contributed by atoms with Crippen molar-refractivity contribution in [3.05, 3.63) is 42.6 Å². The zero-order valence-corrected chi connectivity index (χ0v) is 14.7. The number of ether oxygens (including phenoxy) is 3. The molecule has 0 saturated carbocycles. The molecule has 0 unspecified atom stereocenters. The quantitative estimate of drug-likeness (QED) is 0.568. The summed E-state index contributed by atoms with van der Waals surface area (Å²) in [5.74, 6) is 2.66. The fourth-order valence-electron chi connectivity index (χ4n) is 3.00. The molecule has 2 aromatic carbocycles. The monoisotopic (exact) mass is 350 g/mol. The molecule has 2 N–H and O–H groups in total. The van der Waals surface area contributed by atoms with Gasteiger partial charge >= 0.3 is 0 Å². The van der Waals surface area contributed by atoms with Gasteiger partial charge in [0, 0.05) is 22.5 Å². The molecule has 0 aliphatic rings. The standard InChI is InChI=1S/C19H18N4O3/c1-24-14-8-7-11(9-16(14)26-3)21-19-18-13(10-20-23-18)12-5-4-6-15(25-2)17(12)22-19/h4-10H,1-3H3,(H,20,23)(H,21,22). The van der Waals surface area contributed by atoms with Crippen LogP contribution >= 0.6 is 0 Å². The van der Waals surface area contributed by atoms with Gasteiger partial charge in [-0.05, 0) is 18.2 Å². The number of methoxy groups -OCH3 is 3. The number of nitrogens with one attached hydrogen (secondary N) is 2. The Morgan fingerprint density at radius 1 is 0.885 bits per heavy atom. The van der Waals surface area contributed by atoms with E-state index in [0.29, 0.717) is 23.1 Å². The van der Waals surface area contributed by atoms with Crippen molar-refractivity contribution in [1.82, 2.24) is 15.2 Å². The van der Waals surface area contributed by atoms with E-state index in [0.717, 1.165) is 27.5 Å². The molecule has 0 fully saturated rings. The summed E-state index contributed by atoms with van der Waals surface area (Å²) in [6.45, 7) is 0. The largest absolute Gasteiger partial charge is 0.494 e. The summed E-state index contributed by atoms with van der Waals surface area (Å²) in [7, 11) is 4.85. The van der Waals surface area contributed by atoms with Crippen molar-refractivity contribution in [3.63, 3.8) is 0 Å². The van der Waals surface area contributed by atoms with Crippen LogP contribution < -0.4 is 19.5 Å². The highest BCUT2D eigenvalue weighted by molar-refractivity contribution is 6.10. The van der Waals surface area contributed by atoms with E-state index in [4.69, 9.17) is 19.2 Å². The number of para-hydroxylation sites is 1. The summed E-state index contributed by atoms with van der Waals surface area (Å²) in [4.78, 5) is 4.76. The van der Waals surface area contributed by atoms with E-state index in [1.54, 1.807) is 27.5 Å². The van der Waals surface area contributed by atoms with E-state index in [-0.39, 0.29) is 0 Å². The van der Waals surface area contributed by atoms with E-state index in [2.05, 4.69) is 15.5 Å². The molecule has 2 heterocycles. The maximum atomic E-state index is 5.47. The Morgan fingerprint density at radius 3 is 2.46 bits per heavy atom. The predicted octanol–water partition coefficient (Wildman–Crippen LogP) is 3.88. The minimum absolute atomic E-state index is 0.636. The van der Waals surface area contributed by atoms with E-state index in [1.165, 1.54) is 0 Å². The Labute approximate surface area is 149 Å². The highest BCUT2D eigenvalue weighted by Gasteiger charge is 2.14. The van der Waals surface area contributed by atoms with Crippen LogP contribution in [0.15, 0.2) is 42.6 Å². The summed E-state index contributed by atoms with van der Waals surface area (Å²) >= 11 is 0. The number of aromatic amines is 1. The zero-order valence-electron chi connectivity index (χ0n) is 14.7. The number of hydrogen-bond acceptors (Lipinski definition) is 6. The number of benzene rings is 2. The van der Waals surface area contributed by atoms with Crippen molar-refractivity contribution >= 4 is 33.3 Å². The second kappa shape index (κ2) is 6.44. The van der Waals surface area contributed by atoms with Gasteiger partial charge in [0.15, 0.2) is 17.3 Å². The molecule has 7 nitrogen and oxygen atoms in total. The second-order valence-corrected chi connectivity index (χ2v) is 5.67. The third-order valence-electron chi connectivity index (χ3n) is 4.26. The second-order valence-electron chi connectivity index (χ2n) is 5.67. The first kappa shape index (κ1) is 16.0. The third-order valence-corrected chi connectivity index (χ3v) is 4.26. The van der Waals surface area contributed by atoms with Gasteiger partial charge in [0.1, 0.15) is 16.8 Å². The van der Waals surface area contributed by atoms with Gasteiger partial charge in [-0.2, -0.15) is 5.10 Å². The lowest BCUT2D eigenvalue weighted by molar-refractivity contribution is 0.355. The number of nitrogens with zero attached hydrogens (tertiary/aromatic N) is 2. The lowest BCUT2D eigenvalue weighted by Crippen LogP contribution is -1.98. The molecule has 0 radical (unpaired) electrons. The minimum atomic E-state index is 0.636. The lowest BCUT2D eigenvalue weighted by Gasteiger charge is -2.13. The van der Waals surface area contributed by atoms with Gasteiger partial charge in [0.25, 0.3) is 0 Å². The van der Waals surface area contributed by atoms with Crippen LogP contribution in [0.2, 0.25) is 0 Å². The first-order valence-corrected chi connectivity index (χ1v) is 8.04. The maximum Gasteiger partial charge on any atom is 0.162 e. The van der Waals surface area contributed by atoms with Crippen LogP contribution in [0.1, 0.15) is 0 Å². The van der Waals surface area contributed by atoms with Gasteiger partial charge < -0.3 is 19.5 Å². The van der Waals surface area contributed by atoms with Crippen molar-refractivity contribution in [2.75, 3.05) is 26.6 Å². The molecule has 0 spiro atoms. The molecule has 4 rings (SSSR count). The number of aromatic nitrogens is 3. The molecule has 0 aliphatic carbocycles. The Balaban J connectivity index is 1.87. The Bertz CT molecular complexity index is 1090. The van der Waals surface area contributed by atoms with Crippen LogP contribution in [-0.2, 0) is 0 Å². The number of pyridine rings is 1. The van der Waals surface area contributed by atoms with Crippen molar-refractivity contribution in [2.45, 2.75) is 0 Å². The summed E-state index contributed by atoms with van der Waals surface area (Å²) in [5.41, 5.74) is 2.41. The molecule has 7 heteroatoms. The van der Waals surface area contributed by atoms with Crippen LogP contribution in [0.4, 0.5) is 11.5 Å². The first-order chi connectivity index (χ1) is 12.7.